The van der Waals surface area contributed by atoms with Gasteiger partial charge in [-0.05, 0) is 32.1 Å². The smallest absolute Gasteiger partial charge is 0.222 e. The molecule has 3 unspecified atom stereocenters. The van der Waals surface area contributed by atoms with Crippen LogP contribution in [0.25, 0.3) is 0 Å². The van der Waals surface area contributed by atoms with Gasteiger partial charge in [0.1, 0.15) is 0 Å². The summed E-state index contributed by atoms with van der Waals surface area (Å²) in [6.07, 6.45) is 69.6. The summed E-state index contributed by atoms with van der Waals surface area (Å²) in [5.41, 5.74) is 0. The largest absolute Gasteiger partial charge is 0.394 e. The highest BCUT2D eigenvalue weighted by atomic mass is 16.3. The molecule has 0 bridgehead atoms. The van der Waals surface area contributed by atoms with Gasteiger partial charge in [0.2, 0.25) is 5.91 Å². The van der Waals surface area contributed by atoms with Gasteiger partial charge < -0.3 is 20.6 Å². The molecule has 0 aromatic carbocycles. The van der Waals surface area contributed by atoms with Gasteiger partial charge in [0.25, 0.3) is 0 Å². The van der Waals surface area contributed by atoms with Crippen molar-refractivity contribution in [2.45, 2.75) is 340 Å². The molecule has 4 N–H and O–H groups in total. The van der Waals surface area contributed by atoms with Crippen LogP contribution in [0.15, 0.2) is 24.3 Å². The average Bonchev–Trinajstić information content (AvgIpc) is 3.29. The first kappa shape index (κ1) is 62.8. The van der Waals surface area contributed by atoms with Crippen molar-refractivity contribution in [2.75, 3.05) is 6.61 Å². The molecule has 0 radical (unpaired) electrons. The minimum atomic E-state index is -0.950. The van der Waals surface area contributed by atoms with Crippen LogP contribution in [0.5, 0.6) is 0 Å². The molecule has 0 spiro atoms. The predicted octanol–water partition coefficient (Wildman–Crippen LogP) is 18.1. The Morgan fingerprint density at radius 1 is 0.391 bits per heavy atom. The van der Waals surface area contributed by atoms with Crippen LogP contribution in [0, 0.1) is 0 Å². The van der Waals surface area contributed by atoms with E-state index >= 15 is 0 Å². The van der Waals surface area contributed by atoms with Crippen molar-refractivity contribution in [3.63, 3.8) is 0 Å². The van der Waals surface area contributed by atoms with E-state index in [0.717, 1.165) is 32.1 Å². The van der Waals surface area contributed by atoms with Crippen LogP contribution in [-0.2, 0) is 4.79 Å². The molecule has 0 aromatic rings. The summed E-state index contributed by atoms with van der Waals surface area (Å²) in [4.78, 5) is 12.5. The van der Waals surface area contributed by atoms with E-state index < -0.39 is 18.2 Å². The molecule has 0 aliphatic heterocycles. The molecular weight excluding hydrogens is 787 g/mol. The van der Waals surface area contributed by atoms with E-state index in [1.54, 1.807) is 6.08 Å². The summed E-state index contributed by atoms with van der Waals surface area (Å²) in [7, 11) is 0. The molecule has 0 saturated heterocycles. The zero-order valence-electron chi connectivity index (χ0n) is 43.4. The van der Waals surface area contributed by atoms with Crippen LogP contribution in [0.1, 0.15) is 322 Å². The molecule has 0 fully saturated rings. The second kappa shape index (κ2) is 54.4. The lowest BCUT2D eigenvalue weighted by Crippen LogP contribution is -2.45. The van der Waals surface area contributed by atoms with E-state index in [2.05, 4.69) is 31.3 Å². The molecule has 0 aromatic heterocycles. The van der Waals surface area contributed by atoms with E-state index in [4.69, 9.17) is 0 Å². The number of carbonyl (C=O) groups is 1. The highest BCUT2D eigenvalue weighted by Gasteiger charge is 2.20. The molecule has 1 amide bonds. The molecule has 5 nitrogen and oxygen atoms in total. The third-order valence-corrected chi connectivity index (χ3v) is 13.7. The summed E-state index contributed by atoms with van der Waals surface area (Å²) in [6.45, 7) is 4.24. The van der Waals surface area contributed by atoms with Gasteiger partial charge in [-0.1, -0.05) is 308 Å². The topological polar surface area (TPSA) is 89.8 Å². The molecule has 0 aliphatic rings. The van der Waals surface area contributed by atoms with E-state index in [1.807, 2.05) is 6.08 Å². The lowest BCUT2D eigenvalue weighted by atomic mass is 10.0. The normalized spacial score (nSPS) is 13.4. The Morgan fingerprint density at radius 2 is 0.672 bits per heavy atom. The Bertz CT molecular complexity index is 951. The molecule has 0 aliphatic carbocycles. The van der Waals surface area contributed by atoms with Crippen LogP contribution in [0.3, 0.4) is 0 Å². The van der Waals surface area contributed by atoms with Gasteiger partial charge in [-0.2, -0.15) is 0 Å². The fourth-order valence-electron chi connectivity index (χ4n) is 9.30. The maximum atomic E-state index is 12.5. The predicted molar refractivity (Wildman–Crippen MR) is 282 cm³/mol. The number of allylic oxidation sites excluding steroid dienone is 3. The van der Waals surface area contributed by atoms with Gasteiger partial charge in [-0.25, -0.2) is 0 Å². The number of hydrogen-bond donors (Lipinski definition) is 4. The fraction of sp³-hybridized carbons (Fsp3) is 0.915. The second-order valence-electron chi connectivity index (χ2n) is 20.3. The number of hydrogen-bond acceptors (Lipinski definition) is 4. The minimum absolute atomic E-state index is 0.0104. The molecule has 380 valence electrons. The van der Waals surface area contributed by atoms with Crippen LogP contribution in [0.4, 0.5) is 0 Å². The molecule has 0 heterocycles. The van der Waals surface area contributed by atoms with Crippen LogP contribution in [0.2, 0.25) is 0 Å². The maximum absolute atomic E-state index is 12.5. The van der Waals surface area contributed by atoms with Crippen LogP contribution in [-0.4, -0.2) is 46.1 Å². The monoisotopic (exact) mass is 902 g/mol. The first-order valence-electron chi connectivity index (χ1n) is 29.1. The molecule has 5 heteroatoms. The minimum Gasteiger partial charge on any atom is -0.394 e. The number of nitrogens with one attached hydrogen (secondary N) is 1. The number of amides is 1. The second-order valence-corrected chi connectivity index (χ2v) is 20.3. The van der Waals surface area contributed by atoms with Crippen LogP contribution >= 0.6 is 0 Å². The Balaban J connectivity index is 3.51. The van der Waals surface area contributed by atoms with Gasteiger partial charge in [-0.15, -0.1) is 0 Å². The first-order chi connectivity index (χ1) is 31.5. The first-order valence-corrected chi connectivity index (χ1v) is 29.1. The van der Waals surface area contributed by atoms with E-state index in [-0.39, 0.29) is 18.9 Å². The summed E-state index contributed by atoms with van der Waals surface area (Å²) in [5.74, 6) is -0.319. The summed E-state index contributed by atoms with van der Waals surface area (Å²) in [5, 5.41) is 33.4. The lowest BCUT2D eigenvalue weighted by Gasteiger charge is -2.21. The highest BCUT2D eigenvalue weighted by Crippen LogP contribution is 2.18. The summed E-state index contributed by atoms with van der Waals surface area (Å²) < 4.78 is 0. The SMILES string of the molecule is CCCCCCCCCCCCCC/C=C/CC/C=C/C(O)C(CO)NC(=O)CC(O)CCCCCCCCCCCCCCCCCCCCCCCCCCCCCCCCC. The van der Waals surface area contributed by atoms with Crippen molar-refractivity contribution in [1.82, 2.24) is 5.32 Å². The van der Waals surface area contributed by atoms with Crippen molar-refractivity contribution in [3.05, 3.63) is 24.3 Å². The number of carbonyl (C=O) groups excluding carboxylic acids is 1. The average molecular weight is 903 g/mol. The molecule has 0 rings (SSSR count). The number of rotatable bonds is 54. The Kier molecular flexibility index (Phi) is 53.4. The van der Waals surface area contributed by atoms with E-state index in [1.165, 1.54) is 263 Å². The Morgan fingerprint density at radius 3 is 1.00 bits per heavy atom. The fourth-order valence-corrected chi connectivity index (χ4v) is 9.30. The molecule has 64 heavy (non-hydrogen) atoms. The Hall–Kier alpha value is -1.17. The lowest BCUT2D eigenvalue weighted by molar-refractivity contribution is -0.124. The van der Waals surface area contributed by atoms with Crippen molar-refractivity contribution < 1.29 is 20.1 Å². The number of unbranched alkanes of at least 4 members (excludes halogenated alkanes) is 43. The standard InChI is InChI=1S/C59H115NO4/c1-3-5-7-9-11-13-15-17-19-21-23-24-25-26-27-28-29-30-31-32-33-34-35-36-38-40-42-44-46-48-50-52-56(62)54-59(64)60-57(55-61)58(63)53-51-49-47-45-43-41-39-37-22-20-18-16-14-12-10-8-6-4-2/h43,45,51,53,56-58,61-63H,3-42,44,46-50,52,54-55H2,1-2H3,(H,60,64)/b45-43+,53-51+. The third-order valence-electron chi connectivity index (χ3n) is 13.7. The van der Waals surface area contributed by atoms with E-state index in [0.29, 0.717) is 6.42 Å². The van der Waals surface area contributed by atoms with Crippen molar-refractivity contribution in [1.29, 1.82) is 0 Å². The third kappa shape index (κ3) is 50.2. The van der Waals surface area contributed by atoms with Crippen molar-refractivity contribution in [2.24, 2.45) is 0 Å². The van der Waals surface area contributed by atoms with Gasteiger partial charge in [0, 0.05) is 0 Å². The highest BCUT2D eigenvalue weighted by molar-refractivity contribution is 5.76. The quantitative estimate of drug-likeness (QED) is 0.0362. The zero-order chi connectivity index (χ0) is 46.5. The summed E-state index contributed by atoms with van der Waals surface area (Å²) in [6, 6.07) is -0.759. The number of aliphatic hydroxyl groups is 3. The molecular formula is C59H115NO4. The van der Waals surface area contributed by atoms with Crippen molar-refractivity contribution >= 4 is 5.91 Å². The molecule has 0 saturated carbocycles. The zero-order valence-corrected chi connectivity index (χ0v) is 43.4. The van der Waals surface area contributed by atoms with Crippen molar-refractivity contribution in [3.8, 4) is 0 Å². The maximum Gasteiger partial charge on any atom is 0.222 e. The Labute approximate surface area is 401 Å². The van der Waals surface area contributed by atoms with Gasteiger partial charge >= 0.3 is 0 Å². The summed E-state index contributed by atoms with van der Waals surface area (Å²) >= 11 is 0. The van der Waals surface area contributed by atoms with Crippen LogP contribution < -0.4 is 5.32 Å². The van der Waals surface area contributed by atoms with Gasteiger partial charge in [0.15, 0.2) is 0 Å². The van der Waals surface area contributed by atoms with Gasteiger partial charge in [-0.3, -0.25) is 4.79 Å². The number of aliphatic hydroxyl groups excluding tert-OH is 3. The molecule has 3 atom stereocenters. The van der Waals surface area contributed by atoms with E-state index in [9.17, 15) is 20.1 Å². The van der Waals surface area contributed by atoms with Gasteiger partial charge in [0.05, 0.1) is 31.3 Å².